The Kier molecular flexibility index (Phi) is 11.9. The van der Waals surface area contributed by atoms with Gasteiger partial charge >= 0.3 is 0 Å². The van der Waals surface area contributed by atoms with Crippen LogP contribution in [0.4, 0.5) is 20.3 Å². The summed E-state index contributed by atoms with van der Waals surface area (Å²) in [6.07, 6.45) is 4.59. The highest BCUT2D eigenvalue weighted by atomic mass is 32.1. The number of hydrogen-bond donors (Lipinski definition) is 3. The summed E-state index contributed by atoms with van der Waals surface area (Å²) in [7, 11) is 0. The van der Waals surface area contributed by atoms with E-state index in [0.717, 1.165) is 56.7 Å². The number of carbonyl (C=O) groups is 1. The van der Waals surface area contributed by atoms with Crippen LogP contribution in [0.2, 0.25) is 0 Å². The van der Waals surface area contributed by atoms with Crippen LogP contribution in [0.15, 0.2) is 73.4 Å². The van der Waals surface area contributed by atoms with Crippen molar-refractivity contribution in [2.24, 2.45) is 17.8 Å². The SMILES string of the molecule is C=C(c1cc(-c2ccc(CNc3ncccc3C(=O)NCc3ccc(F)c(F)c3)s2)ccc1NCC(C)C)C(C)C.CC1CC1. The molecule has 0 saturated heterocycles. The molecule has 1 aliphatic carbocycles. The van der Waals surface area contributed by atoms with Gasteiger partial charge in [-0.3, -0.25) is 4.79 Å². The molecule has 1 fully saturated rings. The molecule has 1 amide bonds. The minimum absolute atomic E-state index is 0.0651. The number of halogens is 2. The number of allylic oxidation sites excluding steroid dienone is 1. The quantitative estimate of drug-likeness (QED) is 0.146. The normalized spacial score (nSPS) is 12.5. The first kappa shape index (κ1) is 33.8. The van der Waals surface area contributed by atoms with E-state index in [9.17, 15) is 13.6 Å². The second-order valence-corrected chi connectivity index (χ2v) is 13.5. The molecule has 1 aliphatic rings. The van der Waals surface area contributed by atoms with Crippen LogP contribution in [0.25, 0.3) is 16.0 Å². The minimum atomic E-state index is -0.949. The third-order valence-corrected chi connectivity index (χ3v) is 8.63. The Bertz CT molecular complexity index is 1610. The zero-order chi connectivity index (χ0) is 32.5. The van der Waals surface area contributed by atoms with Gasteiger partial charge in [0, 0.05) is 40.3 Å². The van der Waals surface area contributed by atoms with Crippen molar-refractivity contribution >= 4 is 34.3 Å². The van der Waals surface area contributed by atoms with Crippen LogP contribution in [0.5, 0.6) is 0 Å². The van der Waals surface area contributed by atoms with Gasteiger partial charge in [-0.25, -0.2) is 13.8 Å². The van der Waals surface area contributed by atoms with Crippen LogP contribution in [0, 0.1) is 29.4 Å². The summed E-state index contributed by atoms with van der Waals surface area (Å²) in [4.78, 5) is 19.4. The molecule has 0 radical (unpaired) electrons. The molecule has 2 aromatic carbocycles. The van der Waals surface area contributed by atoms with Crippen molar-refractivity contribution in [1.29, 1.82) is 0 Å². The fourth-order valence-electron chi connectivity index (χ4n) is 4.36. The van der Waals surface area contributed by atoms with Gasteiger partial charge in [0.25, 0.3) is 5.91 Å². The number of nitrogens with one attached hydrogen (secondary N) is 3. The van der Waals surface area contributed by atoms with Gasteiger partial charge in [-0.1, -0.05) is 66.2 Å². The molecule has 0 aliphatic heterocycles. The van der Waals surface area contributed by atoms with Gasteiger partial charge in [-0.05, 0) is 83.0 Å². The second-order valence-electron chi connectivity index (χ2n) is 12.3. The molecule has 1 saturated carbocycles. The molecule has 2 heterocycles. The lowest BCUT2D eigenvalue weighted by Gasteiger charge is -2.18. The number of thiophene rings is 1. The van der Waals surface area contributed by atoms with Crippen molar-refractivity contribution in [3.8, 4) is 10.4 Å². The summed E-state index contributed by atoms with van der Waals surface area (Å²) in [6, 6.07) is 17.6. The van der Waals surface area contributed by atoms with Crippen LogP contribution >= 0.6 is 11.3 Å². The molecule has 0 spiro atoms. The average Bonchev–Trinajstić information content (AvgIpc) is 3.66. The first-order valence-electron chi connectivity index (χ1n) is 15.6. The monoisotopic (exact) mass is 630 g/mol. The standard InChI is InChI=1S/C33H36F2N4OS.C4H8/c1-20(2)17-37-30-12-9-24(16-27(30)22(5)21(3)4)31-13-10-25(41-31)19-38-32-26(7-6-14-36-32)33(40)39-18-23-8-11-28(34)29(35)15-23;1-4-2-3-4/h6-16,20-21,37H,5,17-19H2,1-4H3,(H,36,38)(H,39,40);4H,2-3H2,1H3. The average molecular weight is 631 g/mol. The van der Waals surface area contributed by atoms with Crippen molar-refractivity contribution in [3.63, 3.8) is 0 Å². The Labute approximate surface area is 270 Å². The maximum Gasteiger partial charge on any atom is 0.255 e. The van der Waals surface area contributed by atoms with E-state index in [4.69, 9.17) is 0 Å². The summed E-state index contributed by atoms with van der Waals surface area (Å²) in [5.74, 6) is 0.160. The van der Waals surface area contributed by atoms with Crippen molar-refractivity contribution in [1.82, 2.24) is 10.3 Å². The number of anilines is 2. The number of amides is 1. The Morgan fingerprint density at radius 1 is 0.956 bits per heavy atom. The smallest absolute Gasteiger partial charge is 0.255 e. The topological polar surface area (TPSA) is 66.0 Å². The van der Waals surface area contributed by atoms with E-state index in [-0.39, 0.29) is 12.5 Å². The zero-order valence-electron chi connectivity index (χ0n) is 26.8. The number of rotatable bonds is 12. The molecule has 0 bridgehead atoms. The Morgan fingerprint density at radius 2 is 1.71 bits per heavy atom. The highest BCUT2D eigenvalue weighted by Crippen LogP contribution is 2.35. The predicted octanol–water partition coefficient (Wildman–Crippen LogP) is 9.78. The Balaban J connectivity index is 0.00000107. The Morgan fingerprint density at radius 3 is 2.38 bits per heavy atom. The molecular weight excluding hydrogens is 586 g/mol. The number of aromatic nitrogens is 1. The summed E-state index contributed by atoms with van der Waals surface area (Å²) in [6.45, 7) is 16.8. The molecule has 45 heavy (non-hydrogen) atoms. The lowest BCUT2D eigenvalue weighted by molar-refractivity contribution is 0.0951. The zero-order valence-corrected chi connectivity index (χ0v) is 27.7. The van der Waals surface area contributed by atoms with Gasteiger partial charge in [0.2, 0.25) is 0 Å². The molecular formula is C37H44F2N4OS. The van der Waals surface area contributed by atoms with Crippen LogP contribution in [0.3, 0.4) is 0 Å². The van der Waals surface area contributed by atoms with E-state index in [1.165, 1.54) is 18.9 Å². The van der Waals surface area contributed by atoms with Crippen molar-refractivity contribution in [2.75, 3.05) is 17.2 Å². The van der Waals surface area contributed by atoms with Gasteiger partial charge < -0.3 is 16.0 Å². The molecule has 8 heteroatoms. The molecule has 0 unspecified atom stereocenters. The van der Waals surface area contributed by atoms with E-state index in [1.54, 1.807) is 29.7 Å². The van der Waals surface area contributed by atoms with Gasteiger partial charge in [0.15, 0.2) is 11.6 Å². The van der Waals surface area contributed by atoms with Crippen LogP contribution in [0.1, 0.15) is 73.8 Å². The third kappa shape index (κ3) is 9.98. The summed E-state index contributed by atoms with van der Waals surface area (Å²) in [5, 5.41) is 9.60. The van der Waals surface area contributed by atoms with Crippen molar-refractivity contribution < 1.29 is 13.6 Å². The Hall–Kier alpha value is -4.04. The maximum atomic E-state index is 13.5. The lowest BCUT2D eigenvalue weighted by Crippen LogP contribution is -2.24. The van der Waals surface area contributed by atoms with Gasteiger partial charge in [-0.15, -0.1) is 11.3 Å². The predicted molar refractivity (Wildman–Crippen MR) is 184 cm³/mol. The maximum absolute atomic E-state index is 13.5. The van der Waals surface area contributed by atoms with Gasteiger partial charge in [0.1, 0.15) is 5.82 Å². The largest absolute Gasteiger partial charge is 0.384 e. The number of nitrogens with zero attached hydrogens (tertiary/aromatic N) is 1. The number of pyridine rings is 1. The van der Waals surface area contributed by atoms with Crippen molar-refractivity contribution in [2.45, 2.75) is 60.5 Å². The molecule has 5 rings (SSSR count). The van der Waals surface area contributed by atoms with Crippen molar-refractivity contribution in [3.05, 3.63) is 107 Å². The molecule has 4 aromatic rings. The van der Waals surface area contributed by atoms with E-state index >= 15 is 0 Å². The highest BCUT2D eigenvalue weighted by Gasteiger charge is 2.15. The number of benzene rings is 2. The van der Waals surface area contributed by atoms with Crippen LogP contribution in [-0.2, 0) is 13.1 Å². The van der Waals surface area contributed by atoms with Gasteiger partial charge in [-0.2, -0.15) is 0 Å². The molecule has 2 aromatic heterocycles. The summed E-state index contributed by atoms with van der Waals surface area (Å²) >= 11 is 1.68. The summed E-state index contributed by atoms with van der Waals surface area (Å²) in [5.41, 5.74) is 5.30. The fourth-order valence-corrected chi connectivity index (χ4v) is 5.31. The van der Waals surface area contributed by atoms with E-state index < -0.39 is 11.6 Å². The third-order valence-electron chi connectivity index (χ3n) is 7.49. The van der Waals surface area contributed by atoms with E-state index in [2.05, 4.69) is 92.5 Å². The first-order chi connectivity index (χ1) is 21.5. The highest BCUT2D eigenvalue weighted by molar-refractivity contribution is 7.15. The molecule has 0 atom stereocenters. The number of hydrogen-bond acceptors (Lipinski definition) is 5. The van der Waals surface area contributed by atoms with E-state index in [1.807, 2.05) is 0 Å². The summed E-state index contributed by atoms with van der Waals surface area (Å²) < 4.78 is 26.7. The fraction of sp³-hybridized carbons (Fsp3) is 0.351. The molecule has 238 valence electrons. The molecule has 3 N–H and O–H groups in total. The second kappa shape index (κ2) is 15.8. The lowest BCUT2D eigenvalue weighted by atomic mass is 9.93. The van der Waals surface area contributed by atoms with Crippen LogP contribution in [-0.4, -0.2) is 17.4 Å². The number of carbonyl (C=O) groups excluding carboxylic acids is 1. The molecule has 5 nitrogen and oxygen atoms in total. The minimum Gasteiger partial charge on any atom is -0.384 e. The van der Waals surface area contributed by atoms with E-state index in [0.29, 0.717) is 35.3 Å². The first-order valence-corrected chi connectivity index (χ1v) is 16.4. The van der Waals surface area contributed by atoms with Crippen LogP contribution < -0.4 is 16.0 Å². The van der Waals surface area contributed by atoms with Gasteiger partial charge in [0.05, 0.1) is 12.1 Å².